The average molecular weight is 287 g/mol. The zero-order valence-corrected chi connectivity index (χ0v) is 12.1. The van der Waals surface area contributed by atoms with Crippen molar-refractivity contribution in [3.63, 3.8) is 0 Å². The van der Waals surface area contributed by atoms with E-state index in [4.69, 9.17) is 0 Å². The van der Waals surface area contributed by atoms with Gasteiger partial charge in [-0.2, -0.15) is 0 Å². The van der Waals surface area contributed by atoms with E-state index in [9.17, 15) is 4.39 Å². The van der Waals surface area contributed by atoms with Crippen LogP contribution in [0, 0.1) is 5.82 Å². The van der Waals surface area contributed by atoms with Crippen LogP contribution in [0.5, 0.6) is 0 Å². The van der Waals surface area contributed by atoms with Crippen LogP contribution in [0.3, 0.4) is 0 Å². The molecule has 104 valence electrons. The Bertz CT molecular complexity index is 567. The van der Waals surface area contributed by atoms with Gasteiger partial charge in [-0.3, -0.25) is 0 Å². The van der Waals surface area contributed by atoms with Gasteiger partial charge >= 0.3 is 0 Å². The molecule has 1 nitrogen and oxygen atoms in total. The van der Waals surface area contributed by atoms with Crippen molar-refractivity contribution in [2.45, 2.75) is 17.2 Å². The van der Waals surface area contributed by atoms with Crippen molar-refractivity contribution >= 4 is 11.8 Å². The Morgan fingerprint density at radius 3 is 2.75 bits per heavy atom. The van der Waals surface area contributed by atoms with Gasteiger partial charge in [0.2, 0.25) is 0 Å². The van der Waals surface area contributed by atoms with E-state index in [0.29, 0.717) is 5.92 Å². The van der Waals surface area contributed by atoms with Crippen molar-refractivity contribution in [2.75, 3.05) is 18.8 Å². The molecule has 0 amide bonds. The Balaban J connectivity index is 1.46. The molecule has 1 unspecified atom stereocenters. The summed E-state index contributed by atoms with van der Waals surface area (Å²) in [5.74, 6) is 1.62. The number of nitrogens with one attached hydrogen (secondary N) is 1. The van der Waals surface area contributed by atoms with Crippen LogP contribution < -0.4 is 5.32 Å². The molecule has 1 aliphatic heterocycles. The van der Waals surface area contributed by atoms with E-state index in [-0.39, 0.29) is 5.82 Å². The number of hydrogen-bond acceptors (Lipinski definition) is 2. The molecule has 0 radical (unpaired) electrons. The highest BCUT2D eigenvalue weighted by Crippen LogP contribution is 2.38. The number of fused-ring (bicyclic) bond motifs is 1. The maximum Gasteiger partial charge on any atom is 0.123 e. The third-order valence-corrected chi connectivity index (χ3v) is 4.95. The largest absolute Gasteiger partial charge is 0.316 e. The van der Waals surface area contributed by atoms with Crippen LogP contribution in [-0.4, -0.2) is 18.8 Å². The zero-order chi connectivity index (χ0) is 13.8. The van der Waals surface area contributed by atoms with Crippen LogP contribution in [0.4, 0.5) is 4.39 Å². The summed E-state index contributed by atoms with van der Waals surface area (Å²) in [6, 6.07) is 15.4. The van der Waals surface area contributed by atoms with Gasteiger partial charge in [-0.15, -0.1) is 11.8 Å². The summed E-state index contributed by atoms with van der Waals surface area (Å²) in [6.45, 7) is 1.96. The summed E-state index contributed by atoms with van der Waals surface area (Å²) < 4.78 is 12.8. The van der Waals surface area contributed by atoms with Crippen LogP contribution in [0.2, 0.25) is 0 Å². The Hall–Kier alpha value is -1.32. The van der Waals surface area contributed by atoms with Crippen molar-refractivity contribution in [3.8, 4) is 0 Å². The fourth-order valence-electron chi connectivity index (χ4n) is 2.56. The summed E-state index contributed by atoms with van der Waals surface area (Å²) in [6.07, 6.45) is 0.946. The lowest BCUT2D eigenvalue weighted by Crippen LogP contribution is -2.23. The highest BCUT2D eigenvalue weighted by Gasteiger charge is 2.21. The van der Waals surface area contributed by atoms with Crippen LogP contribution in [-0.2, 0) is 6.42 Å². The highest BCUT2D eigenvalue weighted by molar-refractivity contribution is 7.99. The van der Waals surface area contributed by atoms with Crippen molar-refractivity contribution in [3.05, 3.63) is 65.5 Å². The molecule has 1 heterocycles. The number of benzene rings is 2. The van der Waals surface area contributed by atoms with Crippen molar-refractivity contribution in [2.24, 2.45) is 0 Å². The molecule has 0 bridgehead atoms. The fourth-order valence-corrected chi connectivity index (χ4v) is 3.81. The molecule has 2 aromatic rings. The van der Waals surface area contributed by atoms with Crippen LogP contribution in [0.15, 0.2) is 53.4 Å². The van der Waals surface area contributed by atoms with Gasteiger partial charge in [0.15, 0.2) is 0 Å². The number of hydrogen-bond donors (Lipinski definition) is 1. The van der Waals surface area contributed by atoms with Gasteiger partial charge in [0.05, 0.1) is 0 Å². The molecule has 1 N–H and O–H groups in total. The Morgan fingerprint density at radius 2 is 1.90 bits per heavy atom. The quantitative estimate of drug-likeness (QED) is 0.838. The first-order chi connectivity index (χ1) is 9.83. The van der Waals surface area contributed by atoms with E-state index in [1.165, 1.54) is 33.9 Å². The molecule has 0 spiro atoms. The second-order valence-corrected chi connectivity index (χ2v) is 6.19. The van der Waals surface area contributed by atoms with Crippen LogP contribution in [0.1, 0.15) is 17.0 Å². The molecule has 3 heteroatoms. The zero-order valence-electron chi connectivity index (χ0n) is 11.3. The second-order valence-electron chi connectivity index (χ2n) is 5.13. The van der Waals surface area contributed by atoms with E-state index in [2.05, 4.69) is 29.6 Å². The van der Waals surface area contributed by atoms with Crippen molar-refractivity contribution < 1.29 is 4.39 Å². The first kappa shape index (κ1) is 13.7. The molecule has 0 saturated heterocycles. The van der Waals surface area contributed by atoms with E-state index >= 15 is 0 Å². The van der Waals surface area contributed by atoms with Gasteiger partial charge in [0.25, 0.3) is 0 Å². The Kier molecular flexibility index (Phi) is 4.38. The lowest BCUT2D eigenvalue weighted by Gasteiger charge is -2.12. The number of halogens is 1. The normalized spacial score (nSPS) is 17.1. The maximum atomic E-state index is 12.8. The number of thioether (sulfide) groups is 1. The minimum Gasteiger partial charge on any atom is -0.316 e. The fraction of sp³-hybridized carbons (Fsp3) is 0.294. The first-order valence-corrected chi connectivity index (χ1v) is 7.98. The predicted molar refractivity (Wildman–Crippen MR) is 82.9 cm³/mol. The monoisotopic (exact) mass is 287 g/mol. The van der Waals surface area contributed by atoms with Crippen LogP contribution >= 0.6 is 11.8 Å². The van der Waals surface area contributed by atoms with Crippen LogP contribution in [0.25, 0.3) is 0 Å². The molecule has 3 rings (SSSR count). The van der Waals surface area contributed by atoms with E-state index in [1.54, 1.807) is 0 Å². The summed E-state index contributed by atoms with van der Waals surface area (Å²) in [7, 11) is 0. The minimum atomic E-state index is -0.165. The molecule has 0 aromatic heterocycles. The average Bonchev–Trinajstić information content (AvgIpc) is 2.89. The molecule has 0 aliphatic carbocycles. The third-order valence-electron chi connectivity index (χ3n) is 3.69. The topological polar surface area (TPSA) is 12.0 Å². The summed E-state index contributed by atoms with van der Waals surface area (Å²) in [5, 5.41) is 3.52. The second kappa shape index (κ2) is 6.42. The molecular weight excluding hydrogens is 269 g/mol. The summed E-state index contributed by atoms with van der Waals surface area (Å²) in [4.78, 5) is 1.43. The van der Waals surface area contributed by atoms with Gasteiger partial charge in [-0.25, -0.2) is 4.39 Å². The summed E-state index contributed by atoms with van der Waals surface area (Å²) in [5.41, 5.74) is 2.66. The summed E-state index contributed by atoms with van der Waals surface area (Å²) >= 11 is 1.95. The van der Waals surface area contributed by atoms with Crippen molar-refractivity contribution in [1.29, 1.82) is 0 Å². The van der Waals surface area contributed by atoms with Gasteiger partial charge in [0.1, 0.15) is 5.82 Å². The van der Waals surface area contributed by atoms with Gasteiger partial charge < -0.3 is 5.32 Å². The minimum absolute atomic E-state index is 0.165. The van der Waals surface area contributed by atoms with E-state index < -0.39 is 0 Å². The first-order valence-electron chi connectivity index (χ1n) is 7.00. The Labute approximate surface area is 123 Å². The molecule has 20 heavy (non-hydrogen) atoms. The van der Waals surface area contributed by atoms with Gasteiger partial charge in [0, 0.05) is 23.1 Å². The molecule has 1 atom stereocenters. The van der Waals surface area contributed by atoms with E-state index in [1.807, 2.05) is 23.9 Å². The predicted octanol–water partition coefficient (Wildman–Crippen LogP) is 3.85. The standard InChI is InChI=1S/C17H18FNS/c18-15-7-5-13(6-8-15)9-10-19-11-14-12-20-17-4-2-1-3-16(14)17/h1-8,14,19H,9-12H2. The lowest BCUT2D eigenvalue weighted by molar-refractivity contribution is 0.616. The van der Waals surface area contributed by atoms with Gasteiger partial charge in [-0.05, 0) is 42.3 Å². The molecule has 0 fully saturated rings. The Morgan fingerprint density at radius 1 is 1.10 bits per heavy atom. The van der Waals surface area contributed by atoms with E-state index in [0.717, 1.165) is 19.5 Å². The number of rotatable bonds is 5. The molecule has 2 aromatic carbocycles. The van der Waals surface area contributed by atoms with Crippen molar-refractivity contribution in [1.82, 2.24) is 5.32 Å². The smallest absolute Gasteiger partial charge is 0.123 e. The van der Waals surface area contributed by atoms with Gasteiger partial charge in [-0.1, -0.05) is 30.3 Å². The third kappa shape index (κ3) is 3.22. The SMILES string of the molecule is Fc1ccc(CCNCC2CSc3ccccc32)cc1. The molecular formula is C17H18FNS. The lowest BCUT2D eigenvalue weighted by atomic mass is 10.0. The maximum absolute atomic E-state index is 12.8. The molecule has 0 saturated carbocycles. The highest BCUT2D eigenvalue weighted by atomic mass is 32.2. The molecule has 1 aliphatic rings.